The second-order valence-corrected chi connectivity index (χ2v) is 26.3. The van der Waals surface area contributed by atoms with Crippen molar-refractivity contribution in [2.45, 2.75) is 176 Å². The van der Waals surface area contributed by atoms with E-state index < -0.39 is 128 Å². The van der Waals surface area contributed by atoms with Gasteiger partial charge in [0.2, 0.25) is 11.8 Å². The zero-order chi connectivity index (χ0) is 78.2. The number of hydrogen-bond donors (Lipinski definition) is 2. The molecule has 3 amide bonds. The van der Waals surface area contributed by atoms with E-state index in [-0.39, 0.29) is 71.7 Å². The molecule has 36 nitrogen and oxygen atoms in total. The van der Waals surface area contributed by atoms with E-state index in [2.05, 4.69) is 115 Å². The van der Waals surface area contributed by atoms with Crippen molar-refractivity contribution in [3.8, 4) is 11.5 Å². The van der Waals surface area contributed by atoms with E-state index in [4.69, 9.17) is 56.8 Å². The van der Waals surface area contributed by atoms with Crippen LogP contribution in [0.2, 0.25) is 0 Å². The Morgan fingerprint density at radius 3 is 1.33 bits per heavy atom. The van der Waals surface area contributed by atoms with Gasteiger partial charge in [-0.25, -0.2) is 14.0 Å². The van der Waals surface area contributed by atoms with E-state index in [0.717, 1.165) is 81.9 Å². The third kappa shape index (κ3) is 19.5. The lowest BCUT2D eigenvalue weighted by molar-refractivity contribution is -0.239. The van der Waals surface area contributed by atoms with Gasteiger partial charge >= 0.3 is 35.8 Å². The zero-order valence-electron chi connectivity index (χ0n) is 63.2. The maximum atomic E-state index is 14.8. The van der Waals surface area contributed by atoms with Gasteiger partial charge in [-0.3, -0.25) is 48.1 Å². The van der Waals surface area contributed by atoms with E-state index in [9.17, 15) is 43.2 Å². The number of carbonyl (C=O) groups excluding carboxylic acids is 9. The van der Waals surface area contributed by atoms with Crippen molar-refractivity contribution in [3.05, 3.63) is 119 Å². The number of amides is 3. The van der Waals surface area contributed by atoms with Crippen LogP contribution >= 0.6 is 0 Å². The van der Waals surface area contributed by atoms with Crippen molar-refractivity contribution in [1.82, 2.24) is 65.4 Å². The Morgan fingerprint density at radius 1 is 0.486 bits per heavy atom. The van der Waals surface area contributed by atoms with Gasteiger partial charge in [-0.2, -0.15) is 0 Å². The molecule has 4 aliphatic rings. The van der Waals surface area contributed by atoms with Gasteiger partial charge in [0.25, 0.3) is 5.91 Å². The molecule has 3 aromatic heterocycles. The summed E-state index contributed by atoms with van der Waals surface area (Å²) in [5.41, 5.74) is 5.37. The third-order valence-corrected chi connectivity index (χ3v) is 18.6. The molecule has 3 aromatic carbocycles. The molecule has 0 aliphatic carbocycles. The predicted molar refractivity (Wildman–Crippen MR) is 381 cm³/mol. The number of nitrogens with one attached hydrogen (secondary N) is 2. The summed E-state index contributed by atoms with van der Waals surface area (Å²) in [6.07, 6.45) is -5.95. The van der Waals surface area contributed by atoms with Crippen LogP contribution in [0.1, 0.15) is 140 Å². The van der Waals surface area contributed by atoms with Gasteiger partial charge in [0.1, 0.15) is 54.5 Å². The summed E-state index contributed by atoms with van der Waals surface area (Å²) in [7, 11) is 0. The van der Waals surface area contributed by atoms with Crippen LogP contribution in [0.4, 0.5) is 11.4 Å². The molecule has 7 heterocycles. The Bertz CT molecular complexity index is 4000. The molecule has 2 fully saturated rings. The van der Waals surface area contributed by atoms with E-state index in [0.29, 0.717) is 40.7 Å². The Morgan fingerprint density at radius 2 is 0.899 bits per heavy atom. The van der Waals surface area contributed by atoms with Gasteiger partial charge in [0, 0.05) is 154 Å². The standard InChI is InChI=1S/C73H95N15O21/c1-13-83(14-2)54-21-23-58-60(33-54)107-61-34-55(84(15-3)16-4)22-24-59(61)73(58)57-20-18-17-19-56(57)70(97)86(73)26-28-99-30-32-100-31-29-98-27-25-85-38-51(76-79-85)35-82(36-52-39-87(80-77-52)71-64(74-43(5)89)68(105-49(11)95)66(103-47(9)93)62(108-71)41-101-45(7)91)37-53-40-88(81-78-53)72-65(75-44(6)90)69(106-50(12)96)67(104-48(10)94)63(109-72)42-102-46(8)92/h17-24,33-34,38-40,62-69,71-72H,13-16,25-32,35-37,41-42H2,1-12H3,(H,74,89)(H,75,90)/t62?,63?,64?,65?,66-,67+,68-,69+,71-,72-/m0/s1. The number of anilines is 2. The number of ether oxygens (including phenoxy) is 12. The summed E-state index contributed by atoms with van der Waals surface area (Å²) < 4.78 is 75.1. The fourth-order valence-electron chi connectivity index (χ4n) is 14.2. The van der Waals surface area contributed by atoms with Gasteiger partial charge in [0.05, 0.1) is 75.7 Å². The van der Waals surface area contributed by atoms with Crippen molar-refractivity contribution < 1.29 is 100.0 Å². The first-order valence-electron chi connectivity index (χ1n) is 36.2. The molecule has 0 saturated carbocycles. The van der Waals surface area contributed by atoms with Gasteiger partial charge < -0.3 is 82.2 Å². The van der Waals surface area contributed by atoms with E-state index in [1.807, 2.05) is 34.1 Å². The number of fused-ring (bicyclic) bond motifs is 6. The number of carbonyl (C=O) groups is 9. The smallest absolute Gasteiger partial charge is 0.303 e. The summed E-state index contributed by atoms with van der Waals surface area (Å²) >= 11 is 0. The van der Waals surface area contributed by atoms with Crippen LogP contribution in [0.25, 0.3) is 0 Å². The molecule has 588 valence electrons. The lowest BCUT2D eigenvalue weighted by Gasteiger charge is -2.45. The molecule has 0 bridgehead atoms. The minimum absolute atomic E-state index is 0.0206. The van der Waals surface area contributed by atoms with Crippen molar-refractivity contribution in [3.63, 3.8) is 0 Å². The van der Waals surface area contributed by atoms with E-state index in [1.165, 1.54) is 49.5 Å². The molecule has 36 heteroatoms. The molecule has 1 spiro atoms. The second kappa shape index (κ2) is 37.1. The average Bonchev–Trinajstić information content (AvgIpc) is 1.56. The number of benzene rings is 3. The summed E-state index contributed by atoms with van der Waals surface area (Å²) in [6, 6.07) is 17.9. The van der Waals surface area contributed by atoms with Crippen LogP contribution in [-0.4, -0.2) is 243 Å². The molecule has 4 unspecified atom stereocenters. The highest BCUT2D eigenvalue weighted by molar-refractivity contribution is 6.02. The minimum Gasteiger partial charge on any atom is -0.463 e. The summed E-state index contributed by atoms with van der Waals surface area (Å²) in [5, 5.41) is 31.9. The highest BCUT2D eigenvalue weighted by Gasteiger charge is 2.57. The molecule has 109 heavy (non-hydrogen) atoms. The SMILES string of the molecule is CCN(CC)c1ccc2c(c1)Oc1cc(N(CC)CC)ccc1C21c2ccccc2C(=O)N1CCOCCOCCOCCn1cc(CN(Cc2cn([C@H]3OC(COC(C)=O)[C@@H](OC(C)=O)[C@H](OC(C)=O)C3NC(C)=O)nn2)Cc2cn([C@H]3OC(COC(C)=O)[C@H](OC(C)=O)[C@@H](OC(C)=O)C3NC(C)=O)nn2)nn1. The third-order valence-electron chi connectivity index (χ3n) is 18.6. The largest absolute Gasteiger partial charge is 0.463 e. The number of rotatable bonds is 36. The van der Waals surface area contributed by atoms with Crippen LogP contribution < -0.4 is 25.2 Å². The number of aromatic nitrogens is 9. The topological polar surface area (TPSA) is 394 Å². The quantitative estimate of drug-likeness (QED) is 0.0322. The van der Waals surface area contributed by atoms with Crippen molar-refractivity contribution >= 4 is 64.9 Å². The van der Waals surface area contributed by atoms with Crippen LogP contribution in [0.3, 0.4) is 0 Å². The Kier molecular flexibility index (Phi) is 27.5. The fourth-order valence-corrected chi connectivity index (χ4v) is 14.2. The van der Waals surface area contributed by atoms with Crippen LogP contribution in [-0.2, 0) is 122 Å². The van der Waals surface area contributed by atoms with Gasteiger partial charge in [-0.05, 0) is 51.5 Å². The number of hydrogen-bond acceptors (Lipinski definition) is 30. The lowest BCUT2D eigenvalue weighted by atomic mass is 9.74. The maximum Gasteiger partial charge on any atom is 0.303 e. The number of esters is 6. The van der Waals surface area contributed by atoms with Crippen molar-refractivity contribution in [2.24, 2.45) is 0 Å². The van der Waals surface area contributed by atoms with Crippen molar-refractivity contribution in [2.75, 3.05) is 95.4 Å². The second-order valence-electron chi connectivity index (χ2n) is 26.3. The first kappa shape index (κ1) is 81.0. The monoisotopic (exact) mass is 1520 g/mol. The molecule has 6 aromatic rings. The van der Waals surface area contributed by atoms with Gasteiger partial charge in [0.15, 0.2) is 36.9 Å². The average molecular weight is 1520 g/mol. The predicted octanol–water partition coefficient (Wildman–Crippen LogP) is 3.62. The Hall–Kier alpha value is -10.5. The molecular weight excluding hydrogens is 1420 g/mol. The lowest BCUT2D eigenvalue weighted by Crippen LogP contribution is -2.64. The highest BCUT2D eigenvalue weighted by Crippen LogP contribution is 2.58. The molecule has 10 rings (SSSR count). The Labute approximate surface area is 629 Å². The van der Waals surface area contributed by atoms with Crippen molar-refractivity contribution in [1.29, 1.82) is 0 Å². The number of nitrogens with zero attached hydrogens (tertiary/aromatic N) is 13. The van der Waals surface area contributed by atoms with Crippen LogP contribution in [0, 0.1) is 0 Å². The Balaban J connectivity index is 0.811. The van der Waals surface area contributed by atoms with Crippen LogP contribution in [0.15, 0.2) is 79.3 Å². The molecule has 10 atom stereocenters. The molecule has 0 radical (unpaired) electrons. The summed E-state index contributed by atoms with van der Waals surface area (Å²) in [4.78, 5) is 123. The van der Waals surface area contributed by atoms with Crippen LogP contribution in [0.5, 0.6) is 11.5 Å². The van der Waals surface area contributed by atoms with Gasteiger partial charge in [-0.15, -0.1) is 15.3 Å². The minimum atomic E-state index is -1.39. The zero-order valence-corrected chi connectivity index (χ0v) is 63.2. The first-order valence-corrected chi connectivity index (χ1v) is 36.2. The highest BCUT2D eigenvalue weighted by atomic mass is 16.6. The first-order chi connectivity index (χ1) is 52.3. The summed E-state index contributed by atoms with van der Waals surface area (Å²) in [5.74, 6) is -4.42. The molecule has 2 saturated heterocycles. The summed E-state index contributed by atoms with van der Waals surface area (Å²) in [6.45, 7) is 22.2. The fraction of sp³-hybridized carbons (Fsp3) is 0.548. The van der Waals surface area contributed by atoms with E-state index >= 15 is 0 Å². The normalized spacial score (nSPS) is 20.9. The maximum absolute atomic E-state index is 14.8. The van der Waals surface area contributed by atoms with E-state index in [1.54, 1.807) is 10.9 Å². The molecular formula is C73H95N15O21. The van der Waals surface area contributed by atoms with Gasteiger partial charge in [-0.1, -0.05) is 46.0 Å². The molecule has 2 N–H and O–H groups in total. The molecule has 4 aliphatic heterocycles.